The van der Waals surface area contributed by atoms with E-state index in [0.29, 0.717) is 12.0 Å². The van der Waals surface area contributed by atoms with Gasteiger partial charge in [-0.3, -0.25) is 0 Å². The summed E-state index contributed by atoms with van der Waals surface area (Å²) in [5.41, 5.74) is 1.26. The van der Waals surface area contributed by atoms with Crippen molar-refractivity contribution in [3.63, 3.8) is 0 Å². The Kier molecular flexibility index (Phi) is 6.97. The maximum atomic E-state index is 6.05. The van der Waals surface area contributed by atoms with Gasteiger partial charge in [0.05, 0.1) is 6.61 Å². The molecule has 3 nitrogen and oxygen atoms in total. The fourth-order valence-electron chi connectivity index (χ4n) is 2.99. The maximum Gasteiger partial charge on any atom is 0.0521 e. The van der Waals surface area contributed by atoms with E-state index in [1.807, 2.05) is 18.2 Å². The van der Waals surface area contributed by atoms with Gasteiger partial charge in [-0.15, -0.1) is 0 Å². The number of rotatable bonds is 7. The molecule has 0 aromatic heterocycles. The van der Waals surface area contributed by atoms with Crippen LogP contribution in [0.2, 0.25) is 5.02 Å². The molecule has 1 saturated heterocycles. The summed E-state index contributed by atoms with van der Waals surface area (Å²) in [5.74, 6) is 0.564. The highest BCUT2D eigenvalue weighted by atomic mass is 35.5. The molecule has 1 aromatic carbocycles. The van der Waals surface area contributed by atoms with Gasteiger partial charge in [0.1, 0.15) is 0 Å². The van der Waals surface area contributed by atoms with Crippen LogP contribution in [0, 0.1) is 5.92 Å². The summed E-state index contributed by atoms with van der Waals surface area (Å²) >= 11 is 6.05. The highest BCUT2D eigenvalue weighted by molar-refractivity contribution is 6.30. The van der Waals surface area contributed by atoms with Gasteiger partial charge in [0.25, 0.3) is 0 Å². The van der Waals surface area contributed by atoms with Gasteiger partial charge in [0, 0.05) is 36.7 Å². The minimum atomic E-state index is 0.564. The molecule has 1 fully saturated rings. The number of hydrogen-bond donors (Lipinski definition) is 1. The lowest BCUT2D eigenvalue weighted by molar-refractivity contribution is 0.0189. The largest absolute Gasteiger partial charge is 0.381 e. The second-order valence-electron chi connectivity index (χ2n) is 6.01. The summed E-state index contributed by atoms with van der Waals surface area (Å²) in [7, 11) is 2.17. The van der Waals surface area contributed by atoms with Crippen LogP contribution in [-0.4, -0.2) is 44.3 Å². The molecule has 1 heterocycles. The molecule has 0 saturated carbocycles. The van der Waals surface area contributed by atoms with Crippen LogP contribution in [0.15, 0.2) is 24.3 Å². The minimum absolute atomic E-state index is 0.564. The van der Waals surface area contributed by atoms with Crippen LogP contribution in [-0.2, 0) is 11.3 Å². The Hall–Kier alpha value is -0.610. The van der Waals surface area contributed by atoms with Crippen LogP contribution >= 0.6 is 11.6 Å². The zero-order chi connectivity index (χ0) is 15.1. The maximum absolute atomic E-state index is 6.05. The topological polar surface area (TPSA) is 24.5 Å². The van der Waals surface area contributed by atoms with E-state index < -0.39 is 0 Å². The Morgan fingerprint density at radius 3 is 3.05 bits per heavy atom. The van der Waals surface area contributed by atoms with Crippen LogP contribution in [0.1, 0.15) is 25.3 Å². The summed E-state index contributed by atoms with van der Waals surface area (Å²) in [6, 6.07) is 8.70. The molecule has 1 N–H and O–H groups in total. The number of benzene rings is 1. The third kappa shape index (κ3) is 5.59. The highest BCUT2D eigenvalue weighted by Crippen LogP contribution is 2.18. The molecule has 2 unspecified atom stereocenters. The van der Waals surface area contributed by atoms with Gasteiger partial charge in [-0.2, -0.15) is 0 Å². The minimum Gasteiger partial charge on any atom is -0.381 e. The van der Waals surface area contributed by atoms with Crippen molar-refractivity contribution in [1.82, 2.24) is 10.2 Å². The van der Waals surface area contributed by atoms with Crippen molar-refractivity contribution in [2.24, 2.45) is 5.92 Å². The first-order valence-electron chi connectivity index (χ1n) is 7.93. The Balaban J connectivity index is 1.86. The molecule has 0 spiro atoms. The first-order valence-corrected chi connectivity index (χ1v) is 8.31. The number of ether oxygens (including phenoxy) is 1. The molecule has 2 atom stereocenters. The van der Waals surface area contributed by atoms with Gasteiger partial charge in [-0.25, -0.2) is 0 Å². The molecule has 1 aliphatic heterocycles. The molecule has 0 bridgehead atoms. The van der Waals surface area contributed by atoms with Gasteiger partial charge >= 0.3 is 0 Å². The van der Waals surface area contributed by atoms with E-state index in [9.17, 15) is 0 Å². The quantitative estimate of drug-likeness (QED) is 0.837. The fraction of sp³-hybridized carbons (Fsp3) is 0.647. The molecule has 118 valence electrons. The Bertz CT molecular complexity index is 427. The van der Waals surface area contributed by atoms with Gasteiger partial charge in [-0.05, 0) is 44.1 Å². The van der Waals surface area contributed by atoms with Crippen molar-refractivity contribution in [2.45, 2.75) is 32.4 Å². The van der Waals surface area contributed by atoms with E-state index >= 15 is 0 Å². The monoisotopic (exact) mass is 310 g/mol. The molecule has 2 rings (SSSR count). The summed E-state index contributed by atoms with van der Waals surface area (Å²) in [6.45, 7) is 7.04. The molecular weight excluding hydrogens is 284 g/mol. The zero-order valence-corrected chi connectivity index (χ0v) is 13.9. The summed E-state index contributed by atoms with van der Waals surface area (Å²) in [4.78, 5) is 2.37. The van der Waals surface area contributed by atoms with Crippen molar-refractivity contribution in [1.29, 1.82) is 0 Å². The molecule has 1 aromatic rings. The van der Waals surface area contributed by atoms with Gasteiger partial charge in [0.2, 0.25) is 0 Å². The van der Waals surface area contributed by atoms with E-state index in [4.69, 9.17) is 16.3 Å². The third-order valence-electron chi connectivity index (χ3n) is 4.02. The molecule has 1 aliphatic rings. The lowest BCUT2D eigenvalue weighted by atomic mass is 9.95. The number of halogens is 1. The summed E-state index contributed by atoms with van der Waals surface area (Å²) in [5, 5.41) is 4.48. The van der Waals surface area contributed by atoms with Gasteiger partial charge in [-0.1, -0.05) is 30.7 Å². The molecule has 0 amide bonds. The van der Waals surface area contributed by atoms with Crippen molar-refractivity contribution < 1.29 is 4.74 Å². The normalized spacial score (nSPS) is 22.7. The SMILES string of the molecule is CCCNC1CCOCC1CN(C)Cc1cccc(Cl)c1. The average Bonchev–Trinajstić information content (AvgIpc) is 2.46. The molecule has 21 heavy (non-hydrogen) atoms. The smallest absolute Gasteiger partial charge is 0.0521 e. The van der Waals surface area contributed by atoms with Crippen LogP contribution in [0.4, 0.5) is 0 Å². The van der Waals surface area contributed by atoms with E-state index in [0.717, 1.165) is 44.3 Å². The second-order valence-corrected chi connectivity index (χ2v) is 6.45. The van der Waals surface area contributed by atoms with E-state index in [1.165, 1.54) is 12.0 Å². The van der Waals surface area contributed by atoms with Crippen LogP contribution in [0.25, 0.3) is 0 Å². The molecular formula is C17H27ClN2O. The van der Waals surface area contributed by atoms with Gasteiger partial charge in [0.15, 0.2) is 0 Å². The number of nitrogens with zero attached hydrogens (tertiary/aromatic N) is 1. The van der Waals surface area contributed by atoms with E-state index in [1.54, 1.807) is 0 Å². The Labute approximate surface area is 133 Å². The zero-order valence-electron chi connectivity index (χ0n) is 13.1. The van der Waals surface area contributed by atoms with Crippen molar-refractivity contribution in [3.8, 4) is 0 Å². The van der Waals surface area contributed by atoms with Gasteiger partial charge < -0.3 is 15.0 Å². The summed E-state index contributed by atoms with van der Waals surface area (Å²) in [6.07, 6.45) is 2.30. The van der Waals surface area contributed by atoms with Crippen LogP contribution in [0.5, 0.6) is 0 Å². The standard InChI is InChI=1S/C17H27ClN2O/c1-3-8-19-17-7-9-21-13-15(17)12-20(2)11-14-5-4-6-16(18)10-14/h4-6,10,15,17,19H,3,7-9,11-13H2,1-2H3. The summed E-state index contributed by atoms with van der Waals surface area (Å²) < 4.78 is 5.67. The number of nitrogens with one attached hydrogen (secondary N) is 1. The second kappa shape index (κ2) is 8.74. The predicted octanol–water partition coefficient (Wildman–Crippen LogP) is 3.18. The third-order valence-corrected chi connectivity index (χ3v) is 4.25. The first kappa shape index (κ1) is 16.8. The van der Waals surface area contributed by atoms with Crippen molar-refractivity contribution >= 4 is 11.6 Å². The molecule has 4 heteroatoms. The fourth-order valence-corrected chi connectivity index (χ4v) is 3.20. The lowest BCUT2D eigenvalue weighted by Crippen LogP contribution is -2.47. The van der Waals surface area contributed by atoms with Crippen LogP contribution < -0.4 is 5.32 Å². The Morgan fingerprint density at radius 1 is 1.43 bits per heavy atom. The van der Waals surface area contributed by atoms with Crippen molar-refractivity contribution in [3.05, 3.63) is 34.9 Å². The van der Waals surface area contributed by atoms with Crippen LogP contribution in [0.3, 0.4) is 0 Å². The predicted molar refractivity (Wildman–Crippen MR) is 88.8 cm³/mol. The first-order chi connectivity index (χ1) is 10.2. The highest BCUT2D eigenvalue weighted by Gasteiger charge is 2.26. The molecule has 0 aliphatic carbocycles. The van der Waals surface area contributed by atoms with Crippen molar-refractivity contribution in [2.75, 3.05) is 33.4 Å². The molecule has 0 radical (unpaired) electrons. The average molecular weight is 311 g/mol. The lowest BCUT2D eigenvalue weighted by Gasteiger charge is -2.35. The van der Waals surface area contributed by atoms with E-state index in [-0.39, 0.29) is 0 Å². The van der Waals surface area contributed by atoms with E-state index in [2.05, 4.69) is 30.3 Å². The Morgan fingerprint density at radius 2 is 2.29 bits per heavy atom. The number of hydrogen-bond acceptors (Lipinski definition) is 3.